The molecule has 1 rings (SSSR count). The zero-order chi connectivity index (χ0) is 13.1. The van der Waals surface area contributed by atoms with Gasteiger partial charge >= 0.3 is 5.97 Å². The summed E-state index contributed by atoms with van der Waals surface area (Å²) in [5.74, 6) is -2.94. The predicted molar refractivity (Wildman–Crippen MR) is 62.4 cm³/mol. The van der Waals surface area contributed by atoms with Gasteiger partial charge in [0.25, 0.3) is 10.1 Å². The summed E-state index contributed by atoms with van der Waals surface area (Å²) in [6, 6.07) is 8.20. The van der Waals surface area contributed by atoms with Crippen molar-refractivity contribution in [3.63, 3.8) is 0 Å². The fourth-order valence-corrected chi connectivity index (χ4v) is 2.26. The second kappa shape index (κ2) is 5.11. The number of carbonyl (C=O) groups is 1. The highest BCUT2D eigenvalue weighted by atomic mass is 32.2. The van der Waals surface area contributed by atoms with Crippen molar-refractivity contribution in [1.29, 1.82) is 0 Å². The first kappa shape index (κ1) is 13.4. The third kappa shape index (κ3) is 4.01. The third-order valence-corrected chi connectivity index (χ3v) is 3.03. The molecular weight excluding hydrogens is 244 g/mol. The van der Waals surface area contributed by atoms with E-state index in [2.05, 4.69) is 6.58 Å². The van der Waals surface area contributed by atoms with Gasteiger partial charge < -0.3 is 5.11 Å². The molecular formula is C11H12O5S. The number of carboxylic acids is 1. The molecule has 0 bridgehead atoms. The van der Waals surface area contributed by atoms with Crippen molar-refractivity contribution in [1.82, 2.24) is 0 Å². The molecule has 92 valence electrons. The van der Waals surface area contributed by atoms with Crippen LogP contribution in [0.25, 0.3) is 0 Å². The molecule has 5 nitrogen and oxygen atoms in total. The number of rotatable bonds is 5. The Hall–Kier alpha value is -1.66. The maximum absolute atomic E-state index is 10.9. The van der Waals surface area contributed by atoms with E-state index < -0.39 is 27.8 Å². The number of aliphatic carboxylic acids is 1. The Morgan fingerprint density at radius 2 is 1.82 bits per heavy atom. The molecule has 0 aliphatic carbocycles. The minimum atomic E-state index is -4.27. The van der Waals surface area contributed by atoms with E-state index in [-0.39, 0.29) is 5.57 Å². The van der Waals surface area contributed by atoms with E-state index >= 15 is 0 Å². The zero-order valence-corrected chi connectivity index (χ0v) is 9.72. The molecule has 1 atom stereocenters. The largest absolute Gasteiger partial charge is 0.478 e. The second-order valence-corrected chi connectivity index (χ2v) is 5.04. The van der Waals surface area contributed by atoms with Gasteiger partial charge in [0.1, 0.15) is 0 Å². The molecule has 0 aromatic heterocycles. The summed E-state index contributed by atoms with van der Waals surface area (Å²) in [5.41, 5.74) is 0.214. The molecule has 0 saturated heterocycles. The molecule has 6 heteroatoms. The van der Waals surface area contributed by atoms with E-state index in [0.717, 1.165) is 0 Å². The highest BCUT2D eigenvalue weighted by Crippen LogP contribution is 2.24. The van der Waals surface area contributed by atoms with Crippen molar-refractivity contribution in [2.24, 2.45) is 0 Å². The number of carboxylic acid groups (broad SMARTS) is 1. The summed E-state index contributed by atoms with van der Waals surface area (Å²) < 4.78 is 30.5. The SMILES string of the molecule is C=C(C(=O)O)C(CS(=O)(=O)O)c1ccccc1. The fraction of sp³-hybridized carbons (Fsp3) is 0.182. The maximum atomic E-state index is 10.9. The highest BCUT2D eigenvalue weighted by molar-refractivity contribution is 7.85. The molecule has 0 heterocycles. The lowest BCUT2D eigenvalue weighted by Gasteiger charge is -2.15. The molecule has 0 aliphatic rings. The van der Waals surface area contributed by atoms with Gasteiger partial charge in [-0.05, 0) is 5.56 Å². The summed E-state index contributed by atoms with van der Waals surface area (Å²) in [4.78, 5) is 10.8. The average molecular weight is 256 g/mol. The van der Waals surface area contributed by atoms with Gasteiger partial charge in [-0.1, -0.05) is 36.9 Å². The van der Waals surface area contributed by atoms with E-state index in [1.165, 1.54) is 0 Å². The van der Waals surface area contributed by atoms with Crippen molar-refractivity contribution in [2.45, 2.75) is 5.92 Å². The van der Waals surface area contributed by atoms with Gasteiger partial charge in [0, 0.05) is 11.5 Å². The molecule has 0 radical (unpaired) electrons. The Bertz CT molecular complexity index is 518. The van der Waals surface area contributed by atoms with Gasteiger partial charge in [0.05, 0.1) is 5.75 Å². The van der Waals surface area contributed by atoms with Crippen LogP contribution in [0.1, 0.15) is 11.5 Å². The van der Waals surface area contributed by atoms with Crippen molar-refractivity contribution < 1.29 is 22.9 Å². The topological polar surface area (TPSA) is 91.7 Å². The molecule has 1 unspecified atom stereocenters. The third-order valence-electron chi connectivity index (χ3n) is 2.27. The van der Waals surface area contributed by atoms with E-state index in [1.54, 1.807) is 30.3 Å². The number of benzene rings is 1. The molecule has 0 saturated carbocycles. The molecule has 0 amide bonds. The molecule has 1 aromatic carbocycles. The quantitative estimate of drug-likeness (QED) is 0.612. The standard InChI is InChI=1S/C11H12O5S/c1-8(11(12)13)10(7-17(14,15)16)9-5-3-2-4-6-9/h2-6,10H,1,7H2,(H,12,13)(H,14,15,16). The summed E-state index contributed by atoms with van der Waals surface area (Å²) >= 11 is 0. The summed E-state index contributed by atoms with van der Waals surface area (Å²) in [6.45, 7) is 3.34. The monoisotopic (exact) mass is 256 g/mol. The van der Waals surface area contributed by atoms with Crippen LogP contribution in [-0.4, -0.2) is 29.8 Å². The first-order valence-corrected chi connectivity index (χ1v) is 6.34. The lowest BCUT2D eigenvalue weighted by molar-refractivity contribution is -0.132. The average Bonchev–Trinajstić information content (AvgIpc) is 2.25. The summed E-state index contributed by atoms with van der Waals surface area (Å²) in [7, 11) is -4.27. The molecule has 2 N–H and O–H groups in total. The minimum Gasteiger partial charge on any atom is -0.478 e. The van der Waals surface area contributed by atoms with E-state index in [0.29, 0.717) is 5.56 Å². The van der Waals surface area contributed by atoms with E-state index in [9.17, 15) is 13.2 Å². The number of hydrogen-bond acceptors (Lipinski definition) is 3. The van der Waals surface area contributed by atoms with Gasteiger partial charge in [0.15, 0.2) is 0 Å². The zero-order valence-electron chi connectivity index (χ0n) is 8.91. The van der Waals surface area contributed by atoms with Crippen molar-refractivity contribution in [3.8, 4) is 0 Å². The Labute approximate surface area is 99.2 Å². The molecule has 0 aliphatic heterocycles. The lowest BCUT2D eigenvalue weighted by Crippen LogP contribution is -2.19. The Morgan fingerprint density at radius 3 is 2.24 bits per heavy atom. The van der Waals surface area contributed by atoms with Crippen LogP contribution in [0.4, 0.5) is 0 Å². The lowest BCUT2D eigenvalue weighted by atomic mass is 9.94. The summed E-state index contributed by atoms with van der Waals surface area (Å²) in [6.07, 6.45) is 0. The van der Waals surface area contributed by atoms with Crippen LogP contribution in [0.5, 0.6) is 0 Å². The Kier molecular flexibility index (Phi) is 4.03. The first-order valence-electron chi connectivity index (χ1n) is 4.73. The van der Waals surface area contributed by atoms with Crippen LogP contribution in [0.3, 0.4) is 0 Å². The summed E-state index contributed by atoms with van der Waals surface area (Å²) in [5, 5.41) is 8.83. The van der Waals surface area contributed by atoms with Gasteiger partial charge in [-0.25, -0.2) is 4.79 Å². The van der Waals surface area contributed by atoms with E-state index in [1.807, 2.05) is 0 Å². The van der Waals surface area contributed by atoms with Crippen molar-refractivity contribution >= 4 is 16.1 Å². The van der Waals surface area contributed by atoms with E-state index in [4.69, 9.17) is 9.66 Å². The molecule has 0 spiro atoms. The Morgan fingerprint density at radius 1 is 1.29 bits per heavy atom. The van der Waals surface area contributed by atoms with Gasteiger partial charge in [0.2, 0.25) is 0 Å². The smallest absolute Gasteiger partial charge is 0.331 e. The normalized spacial score (nSPS) is 13.0. The van der Waals surface area contributed by atoms with Crippen LogP contribution < -0.4 is 0 Å². The molecule has 17 heavy (non-hydrogen) atoms. The van der Waals surface area contributed by atoms with Gasteiger partial charge in [-0.2, -0.15) is 8.42 Å². The van der Waals surface area contributed by atoms with Crippen molar-refractivity contribution in [2.75, 3.05) is 5.75 Å². The van der Waals surface area contributed by atoms with Gasteiger partial charge in [-0.3, -0.25) is 4.55 Å². The van der Waals surface area contributed by atoms with Crippen LogP contribution >= 0.6 is 0 Å². The van der Waals surface area contributed by atoms with Crippen LogP contribution in [0, 0.1) is 0 Å². The van der Waals surface area contributed by atoms with Crippen LogP contribution in [0.2, 0.25) is 0 Å². The molecule has 0 fully saturated rings. The fourth-order valence-electron chi connectivity index (χ4n) is 1.44. The number of hydrogen-bond donors (Lipinski definition) is 2. The van der Waals surface area contributed by atoms with Crippen molar-refractivity contribution in [3.05, 3.63) is 48.0 Å². The predicted octanol–water partition coefficient (Wildman–Crippen LogP) is 1.30. The first-order chi connectivity index (χ1) is 7.81. The van der Waals surface area contributed by atoms with Crippen LogP contribution in [-0.2, 0) is 14.9 Å². The van der Waals surface area contributed by atoms with Crippen LogP contribution in [0.15, 0.2) is 42.5 Å². The molecule has 1 aromatic rings. The van der Waals surface area contributed by atoms with Gasteiger partial charge in [-0.15, -0.1) is 0 Å². The second-order valence-electron chi connectivity index (χ2n) is 3.54. The maximum Gasteiger partial charge on any atom is 0.331 e. The minimum absolute atomic E-state index is 0.270. The Balaban J connectivity index is 3.12. The highest BCUT2D eigenvalue weighted by Gasteiger charge is 2.25.